The number of aromatic amines is 3. The maximum absolute atomic E-state index is 12.8. The first-order valence-corrected chi connectivity index (χ1v) is 6.90. The van der Waals surface area contributed by atoms with Gasteiger partial charge in [0.25, 0.3) is 5.56 Å². The Balaban J connectivity index is 2.12. The maximum atomic E-state index is 12.8. The van der Waals surface area contributed by atoms with Crippen LogP contribution in [0, 0.1) is 0 Å². The number of aromatic nitrogens is 6. The lowest BCUT2D eigenvalue weighted by molar-refractivity contribution is 0.602. The summed E-state index contributed by atoms with van der Waals surface area (Å²) in [5.74, 6) is 0.402. The van der Waals surface area contributed by atoms with Crippen molar-refractivity contribution >= 4 is 22.7 Å². The van der Waals surface area contributed by atoms with Gasteiger partial charge in [0, 0.05) is 14.1 Å². The highest BCUT2D eigenvalue weighted by atomic mass is 16.2. The average molecular weight is 332 g/mol. The zero-order chi connectivity index (χ0) is 17.2. The molecule has 3 N–H and O–H groups in total. The van der Waals surface area contributed by atoms with Gasteiger partial charge in [0.2, 0.25) is 0 Å². The van der Waals surface area contributed by atoms with Crippen molar-refractivity contribution in [3.05, 3.63) is 48.0 Å². The van der Waals surface area contributed by atoms with Crippen LogP contribution in [-0.4, -0.2) is 50.1 Å². The van der Waals surface area contributed by atoms with Gasteiger partial charge in [-0.15, -0.1) is 0 Å². The fraction of sp³-hybridized carbons (Fsp3) is 0.250. The van der Waals surface area contributed by atoms with E-state index in [4.69, 9.17) is 0 Å². The molecule has 3 aromatic rings. The number of fused-ring (bicyclic) bond motifs is 2. The van der Waals surface area contributed by atoms with Gasteiger partial charge in [-0.25, -0.2) is 19.2 Å². The molecular formula is C12H12N8O4. The quantitative estimate of drug-likeness (QED) is 0.443. The van der Waals surface area contributed by atoms with Crippen molar-refractivity contribution in [2.45, 2.75) is 0 Å². The largest absolute Gasteiger partial charge is 0.349 e. The zero-order valence-electron chi connectivity index (χ0n) is 12.7. The molecule has 0 saturated heterocycles. The van der Waals surface area contributed by atoms with Gasteiger partial charge in [-0.1, -0.05) is 0 Å². The molecule has 12 heteroatoms. The third-order valence-corrected chi connectivity index (χ3v) is 3.86. The maximum Gasteiger partial charge on any atom is 0.349 e. The smallest absolute Gasteiger partial charge is 0.349 e. The lowest BCUT2D eigenvalue weighted by Crippen LogP contribution is -2.41. The summed E-state index contributed by atoms with van der Waals surface area (Å²) in [6.07, 6.45) is 1.12. The molecular weight excluding hydrogens is 320 g/mol. The van der Waals surface area contributed by atoms with E-state index in [2.05, 4.69) is 15.0 Å². The predicted molar refractivity (Wildman–Crippen MR) is 84.8 cm³/mol. The number of H-pyrrole nitrogens is 3. The summed E-state index contributed by atoms with van der Waals surface area (Å²) in [5.41, 5.74) is -2.64. The summed E-state index contributed by atoms with van der Waals surface area (Å²) < 4.78 is 1.82. The number of rotatable bonds is 1. The molecule has 0 amide bonds. The normalized spacial score (nSPS) is 13.8. The van der Waals surface area contributed by atoms with Crippen LogP contribution in [0.1, 0.15) is 0 Å². The van der Waals surface area contributed by atoms with Crippen molar-refractivity contribution in [3.8, 4) is 0 Å². The van der Waals surface area contributed by atoms with E-state index in [0.29, 0.717) is 18.2 Å². The highest BCUT2D eigenvalue weighted by Crippen LogP contribution is 2.26. The molecule has 0 unspecified atom stereocenters. The van der Waals surface area contributed by atoms with Gasteiger partial charge in [0.15, 0.2) is 11.2 Å². The second-order valence-corrected chi connectivity index (χ2v) is 5.48. The number of imidazole rings is 1. The van der Waals surface area contributed by atoms with Crippen LogP contribution in [0.2, 0.25) is 0 Å². The van der Waals surface area contributed by atoms with Crippen molar-refractivity contribution < 1.29 is 0 Å². The van der Waals surface area contributed by atoms with E-state index in [9.17, 15) is 19.2 Å². The van der Waals surface area contributed by atoms with Gasteiger partial charge in [-0.3, -0.25) is 24.5 Å². The first kappa shape index (κ1) is 14.0. The van der Waals surface area contributed by atoms with Crippen molar-refractivity contribution in [3.63, 3.8) is 0 Å². The number of hydrogen-bond acceptors (Lipinski definition) is 7. The molecule has 124 valence electrons. The first-order chi connectivity index (χ1) is 11.4. The molecule has 0 spiro atoms. The van der Waals surface area contributed by atoms with Crippen LogP contribution in [0.5, 0.6) is 0 Å². The highest BCUT2D eigenvalue weighted by molar-refractivity contribution is 5.71. The highest BCUT2D eigenvalue weighted by Gasteiger charge is 2.28. The number of anilines is 2. The standard InChI is InChI=1S/C12H12N8O4/c1-17-4-18(2)8-6(17)10(22)20(12(24)15-8)19-3-13-5-7(19)14-11(23)16-9(5)21/h3H,4H2,1-2H3,(H,15,24)(H2,14,16,21,23). The monoisotopic (exact) mass is 332 g/mol. The molecule has 4 heterocycles. The summed E-state index contributed by atoms with van der Waals surface area (Å²) in [6.45, 7) is 0.436. The van der Waals surface area contributed by atoms with Crippen molar-refractivity contribution in [1.29, 1.82) is 0 Å². The van der Waals surface area contributed by atoms with E-state index >= 15 is 0 Å². The molecule has 0 fully saturated rings. The second kappa shape index (κ2) is 4.47. The Bertz CT molecular complexity index is 1210. The molecule has 1 aliphatic rings. The number of hydrogen-bond donors (Lipinski definition) is 3. The fourth-order valence-corrected chi connectivity index (χ4v) is 2.86. The van der Waals surface area contributed by atoms with E-state index in [-0.39, 0.29) is 11.2 Å². The minimum atomic E-state index is -0.767. The summed E-state index contributed by atoms with van der Waals surface area (Å²) in [6, 6.07) is 0. The average Bonchev–Trinajstić information content (AvgIpc) is 3.01. The molecule has 3 aromatic heterocycles. The van der Waals surface area contributed by atoms with Crippen LogP contribution in [0.25, 0.3) is 11.2 Å². The molecule has 4 rings (SSSR count). The van der Waals surface area contributed by atoms with Crippen LogP contribution < -0.4 is 32.3 Å². The Hall–Kier alpha value is -3.57. The molecule has 24 heavy (non-hydrogen) atoms. The van der Waals surface area contributed by atoms with Gasteiger partial charge in [-0.2, -0.15) is 4.68 Å². The van der Waals surface area contributed by atoms with Crippen molar-refractivity contribution in [2.75, 3.05) is 30.6 Å². The molecule has 0 radical (unpaired) electrons. The molecule has 0 aromatic carbocycles. The van der Waals surface area contributed by atoms with Gasteiger partial charge in [0.05, 0.1) is 6.67 Å². The SMILES string of the molecule is CN1CN(C)c2c1[nH]c(=O)n(-n1cnc3c(=O)[nH]c(=O)[nH]c31)c2=O. The first-order valence-electron chi connectivity index (χ1n) is 6.90. The minimum Gasteiger partial charge on any atom is -0.349 e. The number of nitrogens with zero attached hydrogens (tertiary/aromatic N) is 5. The van der Waals surface area contributed by atoms with Crippen LogP contribution in [0.3, 0.4) is 0 Å². The predicted octanol–water partition coefficient (Wildman–Crippen LogP) is -2.58. The van der Waals surface area contributed by atoms with Gasteiger partial charge < -0.3 is 9.80 Å². The van der Waals surface area contributed by atoms with E-state index in [1.165, 1.54) is 0 Å². The minimum absolute atomic E-state index is 0.0506. The van der Waals surface area contributed by atoms with Crippen LogP contribution in [0.15, 0.2) is 25.5 Å². The summed E-state index contributed by atoms with van der Waals surface area (Å²) in [4.78, 5) is 62.7. The summed E-state index contributed by atoms with van der Waals surface area (Å²) in [7, 11) is 3.46. The lowest BCUT2D eigenvalue weighted by Gasteiger charge is -2.11. The Morgan fingerprint density at radius 2 is 1.79 bits per heavy atom. The Kier molecular flexibility index (Phi) is 2.62. The zero-order valence-corrected chi connectivity index (χ0v) is 12.7. The molecule has 0 saturated carbocycles. The lowest BCUT2D eigenvalue weighted by atomic mass is 10.4. The van der Waals surface area contributed by atoms with Gasteiger partial charge >= 0.3 is 16.9 Å². The van der Waals surface area contributed by atoms with Crippen molar-refractivity contribution in [2.24, 2.45) is 0 Å². The van der Waals surface area contributed by atoms with Gasteiger partial charge in [0.1, 0.15) is 17.8 Å². The van der Waals surface area contributed by atoms with E-state index in [0.717, 1.165) is 15.7 Å². The molecule has 1 aliphatic heterocycles. The van der Waals surface area contributed by atoms with E-state index in [1.807, 2.05) is 4.98 Å². The van der Waals surface area contributed by atoms with Crippen LogP contribution in [0.4, 0.5) is 11.5 Å². The van der Waals surface area contributed by atoms with Crippen LogP contribution in [-0.2, 0) is 0 Å². The molecule has 0 aliphatic carbocycles. The third kappa shape index (κ3) is 1.70. The number of nitrogens with one attached hydrogen (secondary N) is 3. The van der Waals surface area contributed by atoms with E-state index < -0.39 is 22.5 Å². The van der Waals surface area contributed by atoms with E-state index in [1.54, 1.807) is 23.9 Å². The molecule has 0 bridgehead atoms. The Morgan fingerprint density at radius 1 is 1.04 bits per heavy atom. The third-order valence-electron chi connectivity index (χ3n) is 3.86. The van der Waals surface area contributed by atoms with Crippen LogP contribution >= 0.6 is 0 Å². The fourth-order valence-electron chi connectivity index (χ4n) is 2.86. The molecule has 12 nitrogen and oxygen atoms in total. The second-order valence-electron chi connectivity index (χ2n) is 5.48. The van der Waals surface area contributed by atoms with Gasteiger partial charge in [-0.05, 0) is 0 Å². The topological polar surface area (TPSA) is 145 Å². The molecule has 0 atom stereocenters. The Morgan fingerprint density at radius 3 is 2.54 bits per heavy atom. The Labute approximate surface area is 131 Å². The summed E-state index contributed by atoms with van der Waals surface area (Å²) >= 11 is 0. The summed E-state index contributed by atoms with van der Waals surface area (Å²) in [5, 5.41) is 0. The van der Waals surface area contributed by atoms with Crippen molar-refractivity contribution in [1.82, 2.24) is 29.3 Å².